The largest absolute Gasteiger partial charge is 0.490 e. The molecule has 0 fully saturated rings. The molecule has 0 aliphatic carbocycles. The Morgan fingerprint density at radius 1 is 0.977 bits per heavy atom. The highest BCUT2D eigenvalue weighted by Gasteiger charge is 2.31. The molecule has 0 saturated carbocycles. The van der Waals surface area contributed by atoms with E-state index in [1.54, 1.807) is 10.6 Å². The van der Waals surface area contributed by atoms with Gasteiger partial charge in [0.25, 0.3) is 5.56 Å². The Morgan fingerprint density at radius 2 is 1.70 bits per heavy atom. The van der Waals surface area contributed by atoms with Crippen LogP contribution >= 0.6 is 11.3 Å². The maximum absolute atomic E-state index is 14.2. The molecular formula is C35H33N3O5S. The van der Waals surface area contributed by atoms with Gasteiger partial charge in [-0.15, -0.1) is 0 Å². The van der Waals surface area contributed by atoms with Crippen molar-refractivity contribution in [2.75, 3.05) is 20.3 Å². The van der Waals surface area contributed by atoms with Crippen molar-refractivity contribution in [1.29, 1.82) is 0 Å². The average Bonchev–Trinajstić information content (AvgIpc) is 3.50. The number of rotatable bonds is 9. The molecule has 0 bridgehead atoms. The Hall–Kier alpha value is -4.89. The van der Waals surface area contributed by atoms with Gasteiger partial charge in [0.15, 0.2) is 16.3 Å². The van der Waals surface area contributed by atoms with Crippen molar-refractivity contribution in [3.8, 4) is 11.5 Å². The number of carbonyl (C=O) groups excluding carboxylic acids is 1. The zero-order valence-electron chi connectivity index (χ0n) is 25.1. The predicted molar refractivity (Wildman–Crippen MR) is 172 cm³/mol. The second kappa shape index (κ2) is 12.4. The second-order valence-corrected chi connectivity index (χ2v) is 11.3. The van der Waals surface area contributed by atoms with Gasteiger partial charge >= 0.3 is 5.97 Å². The number of thiazole rings is 1. The minimum atomic E-state index is -0.753. The highest BCUT2D eigenvalue weighted by molar-refractivity contribution is 7.07. The number of methoxy groups -OCH3 is 1. The lowest BCUT2D eigenvalue weighted by atomic mass is 9.97. The van der Waals surface area contributed by atoms with Gasteiger partial charge in [-0.1, -0.05) is 65.9 Å². The first-order valence-electron chi connectivity index (χ1n) is 14.6. The highest BCUT2D eigenvalue weighted by Crippen LogP contribution is 2.35. The molecule has 0 saturated heterocycles. The number of benzene rings is 3. The van der Waals surface area contributed by atoms with Gasteiger partial charge < -0.3 is 18.8 Å². The van der Waals surface area contributed by atoms with Gasteiger partial charge in [0, 0.05) is 34.9 Å². The molecule has 3 heterocycles. The van der Waals surface area contributed by atoms with Crippen molar-refractivity contribution in [2.24, 2.45) is 4.99 Å². The van der Waals surface area contributed by atoms with E-state index in [1.165, 1.54) is 30.2 Å². The molecule has 6 rings (SSSR count). The molecule has 8 nitrogen and oxygen atoms in total. The first-order valence-corrected chi connectivity index (χ1v) is 15.4. The zero-order chi connectivity index (χ0) is 30.8. The number of carbonyl (C=O) groups is 1. The Balaban J connectivity index is 1.52. The van der Waals surface area contributed by atoms with Gasteiger partial charge in [0.1, 0.15) is 0 Å². The van der Waals surface area contributed by atoms with Crippen molar-refractivity contribution >= 4 is 34.3 Å². The molecule has 44 heavy (non-hydrogen) atoms. The van der Waals surface area contributed by atoms with Gasteiger partial charge in [-0.3, -0.25) is 9.36 Å². The molecule has 224 valence electrons. The molecular weight excluding hydrogens is 574 g/mol. The first-order chi connectivity index (χ1) is 21.4. The van der Waals surface area contributed by atoms with Gasteiger partial charge in [0.2, 0.25) is 0 Å². The molecule has 0 spiro atoms. The second-order valence-electron chi connectivity index (χ2n) is 10.3. The number of ether oxygens (including phenoxy) is 3. The molecule has 0 amide bonds. The predicted octanol–water partition coefficient (Wildman–Crippen LogP) is 5.13. The minimum absolute atomic E-state index is 0.237. The molecule has 1 aliphatic rings. The zero-order valence-corrected chi connectivity index (χ0v) is 25.9. The maximum Gasteiger partial charge on any atom is 0.337 e. The van der Waals surface area contributed by atoms with Crippen molar-refractivity contribution in [3.05, 3.63) is 127 Å². The van der Waals surface area contributed by atoms with E-state index in [1.807, 2.05) is 62.4 Å². The number of esters is 1. The van der Waals surface area contributed by atoms with Crippen LogP contribution in [0.2, 0.25) is 0 Å². The van der Waals surface area contributed by atoms with Crippen LogP contribution in [0.1, 0.15) is 42.3 Å². The van der Waals surface area contributed by atoms with E-state index < -0.39 is 12.0 Å². The van der Waals surface area contributed by atoms with Crippen LogP contribution in [0.15, 0.2) is 94.4 Å². The van der Waals surface area contributed by atoms with Gasteiger partial charge in [0.05, 0.1) is 36.5 Å². The fourth-order valence-electron chi connectivity index (χ4n) is 5.73. The lowest BCUT2D eigenvalue weighted by Gasteiger charge is -2.23. The molecule has 0 radical (unpaired) electrons. The molecule has 5 aromatic rings. The van der Waals surface area contributed by atoms with Crippen LogP contribution in [0.3, 0.4) is 0 Å². The summed E-state index contributed by atoms with van der Waals surface area (Å²) in [6.07, 6.45) is 3.45. The fraction of sp³-hybridized carbons (Fsp3) is 0.229. The van der Waals surface area contributed by atoms with Gasteiger partial charge in [-0.05, 0) is 56.2 Å². The van der Waals surface area contributed by atoms with Crippen molar-refractivity contribution in [3.63, 3.8) is 0 Å². The van der Waals surface area contributed by atoms with Crippen molar-refractivity contribution < 1.29 is 19.0 Å². The molecule has 2 aromatic heterocycles. The third-order valence-electron chi connectivity index (χ3n) is 7.75. The summed E-state index contributed by atoms with van der Waals surface area (Å²) in [5.74, 6) is 0.577. The number of para-hydroxylation sites is 1. The normalized spacial score (nSPS) is 14.6. The Labute approximate surface area is 258 Å². The number of aromatic nitrogens is 2. The van der Waals surface area contributed by atoms with Crippen LogP contribution in [0.25, 0.3) is 17.0 Å². The summed E-state index contributed by atoms with van der Waals surface area (Å²) in [6, 6.07) is 23.3. The summed E-state index contributed by atoms with van der Waals surface area (Å²) in [6.45, 7) is 7.50. The quantitative estimate of drug-likeness (QED) is 0.217. The van der Waals surface area contributed by atoms with Gasteiger partial charge in [-0.2, -0.15) is 0 Å². The summed E-state index contributed by atoms with van der Waals surface area (Å²) in [5.41, 5.74) is 5.03. The van der Waals surface area contributed by atoms with Crippen molar-refractivity contribution in [1.82, 2.24) is 9.13 Å². The standard InChI is InChI=1S/C35H33N3O5S/c1-5-42-29-17-16-24(18-30(29)43-6-2)32-27(34(40)41-4)20-36-35-38(32)33(39)31(44-35)19-26-22(3)37(21-23-12-8-7-9-13-23)28-15-11-10-14-25(26)28/h7-20,32H,5-6,21H2,1-4H3/b31-19-/t32-/m1/s1. The van der Waals surface area contributed by atoms with Gasteiger partial charge in [-0.25, -0.2) is 9.79 Å². The SMILES string of the molecule is CCOc1ccc([C@@H]2C(C(=O)OC)=CN=c3s/c(=C\c4c(C)n(Cc5ccccc5)c5ccccc45)c(=O)n32)cc1OCC. The van der Waals surface area contributed by atoms with E-state index in [9.17, 15) is 9.59 Å². The molecule has 9 heteroatoms. The lowest BCUT2D eigenvalue weighted by Crippen LogP contribution is -2.39. The summed E-state index contributed by atoms with van der Waals surface area (Å²) in [4.78, 5) is 32.2. The monoisotopic (exact) mass is 607 g/mol. The topological polar surface area (TPSA) is 84.0 Å². The number of hydrogen-bond donors (Lipinski definition) is 0. The molecule has 1 atom stereocenters. The third-order valence-corrected chi connectivity index (χ3v) is 8.74. The summed E-state index contributed by atoms with van der Waals surface area (Å²) in [5, 5.41) is 1.06. The van der Waals surface area contributed by atoms with Crippen molar-refractivity contribution in [2.45, 2.75) is 33.4 Å². The van der Waals surface area contributed by atoms with Crippen LogP contribution in [-0.4, -0.2) is 35.4 Å². The maximum atomic E-state index is 14.2. The van der Waals surface area contributed by atoms with E-state index in [0.29, 0.717) is 46.2 Å². The summed E-state index contributed by atoms with van der Waals surface area (Å²) < 4.78 is 21.1. The van der Waals surface area contributed by atoms with Crippen LogP contribution in [0.5, 0.6) is 11.5 Å². The number of fused-ring (bicyclic) bond motifs is 2. The molecule has 3 aromatic carbocycles. The number of nitrogens with zero attached hydrogens (tertiary/aromatic N) is 3. The minimum Gasteiger partial charge on any atom is -0.490 e. The Kier molecular flexibility index (Phi) is 8.21. The first kappa shape index (κ1) is 29.2. The fourth-order valence-corrected chi connectivity index (χ4v) is 6.68. The van der Waals surface area contributed by atoms with E-state index >= 15 is 0 Å². The van der Waals surface area contributed by atoms with Crippen LogP contribution in [0, 0.1) is 6.92 Å². The molecule has 0 unspecified atom stereocenters. The molecule has 1 aliphatic heterocycles. The van der Waals surface area contributed by atoms with Crippen LogP contribution in [-0.2, 0) is 16.1 Å². The average molecular weight is 608 g/mol. The smallest absolute Gasteiger partial charge is 0.337 e. The van der Waals surface area contributed by atoms with E-state index in [2.05, 4.69) is 40.7 Å². The Bertz CT molecular complexity index is 2070. The van der Waals surface area contributed by atoms with Crippen LogP contribution in [0.4, 0.5) is 0 Å². The third kappa shape index (κ3) is 5.24. The number of hydrogen-bond acceptors (Lipinski definition) is 7. The highest BCUT2D eigenvalue weighted by atomic mass is 32.1. The van der Waals surface area contributed by atoms with Crippen LogP contribution < -0.4 is 24.4 Å². The molecule has 0 N–H and O–H groups in total. The summed E-state index contributed by atoms with van der Waals surface area (Å²) in [7, 11) is 1.32. The van der Waals surface area contributed by atoms with E-state index in [4.69, 9.17) is 14.2 Å². The summed E-state index contributed by atoms with van der Waals surface area (Å²) >= 11 is 1.30. The van der Waals surface area contributed by atoms with E-state index in [-0.39, 0.29) is 11.1 Å². The lowest BCUT2D eigenvalue weighted by molar-refractivity contribution is -0.136. The Morgan fingerprint density at radius 3 is 2.45 bits per heavy atom. The van der Waals surface area contributed by atoms with E-state index in [0.717, 1.165) is 22.2 Å².